The lowest BCUT2D eigenvalue weighted by Gasteiger charge is -2.29. The van der Waals surface area contributed by atoms with Crippen LogP contribution < -0.4 is 15.0 Å². The van der Waals surface area contributed by atoms with E-state index in [1.165, 1.54) is 4.90 Å². The molecule has 0 radical (unpaired) electrons. The molecular weight excluding hydrogens is 256 g/mol. The van der Waals surface area contributed by atoms with Crippen molar-refractivity contribution in [2.75, 3.05) is 18.1 Å². The van der Waals surface area contributed by atoms with E-state index in [2.05, 4.69) is 5.32 Å². The fraction of sp³-hybridized carbons (Fsp3) is 0.467. The maximum absolute atomic E-state index is 12.0. The molecular formula is C15H20N2O3. The fourth-order valence-electron chi connectivity index (χ4n) is 2.05. The summed E-state index contributed by atoms with van der Waals surface area (Å²) in [5.74, 6) is 0.308. The highest BCUT2D eigenvalue weighted by molar-refractivity contribution is 6.02. The van der Waals surface area contributed by atoms with E-state index in [9.17, 15) is 9.59 Å². The predicted octanol–water partition coefficient (Wildman–Crippen LogP) is 1.64. The summed E-state index contributed by atoms with van der Waals surface area (Å²) < 4.78 is 5.41. The van der Waals surface area contributed by atoms with Crippen molar-refractivity contribution >= 4 is 17.5 Å². The average Bonchev–Trinajstić information content (AvgIpc) is 2.41. The number of hydrogen-bond acceptors (Lipinski definition) is 3. The molecule has 2 rings (SSSR count). The van der Waals surface area contributed by atoms with E-state index in [-0.39, 0.29) is 31.0 Å². The van der Waals surface area contributed by atoms with Crippen molar-refractivity contribution in [1.82, 2.24) is 5.32 Å². The van der Waals surface area contributed by atoms with Crippen molar-refractivity contribution in [1.29, 1.82) is 0 Å². The number of benzene rings is 1. The Balaban J connectivity index is 2.15. The summed E-state index contributed by atoms with van der Waals surface area (Å²) in [6, 6.07) is 5.70. The average molecular weight is 276 g/mol. The first-order valence-corrected chi connectivity index (χ1v) is 6.84. The number of aryl methyl sites for hydroxylation is 1. The largest absolute Gasteiger partial charge is 0.482 e. The van der Waals surface area contributed by atoms with E-state index < -0.39 is 0 Å². The number of carbonyl (C=O) groups is 2. The third kappa shape index (κ3) is 3.10. The topological polar surface area (TPSA) is 58.6 Å². The van der Waals surface area contributed by atoms with Crippen LogP contribution in [0.2, 0.25) is 0 Å². The van der Waals surface area contributed by atoms with Gasteiger partial charge < -0.3 is 10.1 Å². The van der Waals surface area contributed by atoms with E-state index in [1.54, 1.807) is 0 Å². The summed E-state index contributed by atoms with van der Waals surface area (Å²) in [6.45, 7) is 5.91. The smallest absolute Gasteiger partial charge is 0.265 e. The van der Waals surface area contributed by atoms with Gasteiger partial charge in [0.25, 0.3) is 5.91 Å². The van der Waals surface area contributed by atoms with Crippen molar-refractivity contribution < 1.29 is 14.3 Å². The second-order valence-corrected chi connectivity index (χ2v) is 5.12. The molecule has 1 N–H and O–H groups in total. The van der Waals surface area contributed by atoms with Crippen molar-refractivity contribution in [3.8, 4) is 5.75 Å². The number of carbonyl (C=O) groups excluding carboxylic acids is 2. The quantitative estimate of drug-likeness (QED) is 0.909. The Hall–Kier alpha value is -2.04. The number of nitrogens with zero attached hydrogens (tertiary/aromatic N) is 1. The molecule has 0 bridgehead atoms. The van der Waals surface area contributed by atoms with Gasteiger partial charge in [0.2, 0.25) is 5.91 Å². The third-order valence-electron chi connectivity index (χ3n) is 3.38. The molecule has 20 heavy (non-hydrogen) atoms. The number of hydrogen-bond donors (Lipinski definition) is 1. The minimum absolute atomic E-state index is 0.0208. The van der Waals surface area contributed by atoms with Crippen LogP contribution in [0.15, 0.2) is 18.2 Å². The second kappa shape index (κ2) is 5.94. The summed E-state index contributed by atoms with van der Waals surface area (Å²) in [5.41, 5.74) is 1.72. The van der Waals surface area contributed by atoms with Gasteiger partial charge in [-0.2, -0.15) is 0 Å². The molecule has 1 aromatic rings. The number of fused-ring (bicyclic) bond motifs is 1. The van der Waals surface area contributed by atoms with Gasteiger partial charge in [-0.1, -0.05) is 13.0 Å². The molecule has 0 unspecified atom stereocenters. The Morgan fingerprint density at radius 1 is 1.50 bits per heavy atom. The molecule has 5 nitrogen and oxygen atoms in total. The zero-order chi connectivity index (χ0) is 14.7. The summed E-state index contributed by atoms with van der Waals surface area (Å²) in [4.78, 5) is 25.4. The van der Waals surface area contributed by atoms with Crippen LogP contribution in [0.25, 0.3) is 0 Å². The predicted molar refractivity (Wildman–Crippen MR) is 76.9 cm³/mol. The van der Waals surface area contributed by atoms with Crippen molar-refractivity contribution in [2.24, 2.45) is 0 Å². The lowest BCUT2D eigenvalue weighted by Crippen LogP contribution is -2.46. The summed E-state index contributed by atoms with van der Waals surface area (Å²) in [5, 5.41) is 2.87. The normalized spacial score (nSPS) is 15.3. The maximum Gasteiger partial charge on any atom is 0.265 e. The van der Waals surface area contributed by atoms with Crippen molar-refractivity contribution in [3.05, 3.63) is 23.8 Å². The lowest BCUT2D eigenvalue weighted by molar-refractivity contribution is -0.125. The minimum Gasteiger partial charge on any atom is -0.482 e. The van der Waals surface area contributed by atoms with Crippen LogP contribution in [0.4, 0.5) is 5.69 Å². The SMILES string of the molecule is CC[C@H](C)NC(=O)CN1C(=O)COc2cc(C)ccc21. The van der Waals surface area contributed by atoms with Gasteiger partial charge in [-0.25, -0.2) is 0 Å². The number of ether oxygens (including phenoxy) is 1. The molecule has 1 atom stereocenters. The Kier molecular flexibility index (Phi) is 4.27. The third-order valence-corrected chi connectivity index (χ3v) is 3.38. The number of rotatable bonds is 4. The first-order chi connectivity index (χ1) is 9.51. The van der Waals surface area contributed by atoms with Crippen LogP contribution in [-0.4, -0.2) is 31.0 Å². The summed E-state index contributed by atoms with van der Waals surface area (Å²) in [6.07, 6.45) is 0.860. The number of amides is 2. The van der Waals surface area contributed by atoms with E-state index >= 15 is 0 Å². The van der Waals surface area contributed by atoms with E-state index in [0.717, 1.165) is 12.0 Å². The number of nitrogens with one attached hydrogen (secondary N) is 1. The molecule has 1 heterocycles. The monoisotopic (exact) mass is 276 g/mol. The molecule has 0 saturated heterocycles. The summed E-state index contributed by atoms with van der Waals surface area (Å²) >= 11 is 0. The van der Waals surface area contributed by atoms with Crippen LogP contribution in [0.5, 0.6) is 5.75 Å². The highest BCUT2D eigenvalue weighted by Crippen LogP contribution is 2.32. The van der Waals surface area contributed by atoms with Gasteiger partial charge in [-0.05, 0) is 38.0 Å². The van der Waals surface area contributed by atoms with E-state index in [0.29, 0.717) is 11.4 Å². The zero-order valence-corrected chi connectivity index (χ0v) is 12.1. The van der Waals surface area contributed by atoms with Crippen LogP contribution in [0.1, 0.15) is 25.8 Å². The van der Waals surface area contributed by atoms with Crippen LogP contribution in [-0.2, 0) is 9.59 Å². The molecule has 0 aromatic heterocycles. The van der Waals surface area contributed by atoms with Crippen molar-refractivity contribution in [3.63, 3.8) is 0 Å². The van der Waals surface area contributed by atoms with Gasteiger partial charge in [0.1, 0.15) is 12.3 Å². The Morgan fingerprint density at radius 3 is 2.95 bits per heavy atom. The van der Waals surface area contributed by atoms with Gasteiger partial charge in [0.15, 0.2) is 6.61 Å². The lowest BCUT2D eigenvalue weighted by atomic mass is 10.1. The van der Waals surface area contributed by atoms with Crippen LogP contribution in [0, 0.1) is 6.92 Å². The molecule has 0 aliphatic carbocycles. The molecule has 0 saturated carbocycles. The highest BCUT2D eigenvalue weighted by atomic mass is 16.5. The van der Waals surface area contributed by atoms with Gasteiger partial charge in [-0.15, -0.1) is 0 Å². The Morgan fingerprint density at radius 2 is 2.25 bits per heavy atom. The van der Waals surface area contributed by atoms with Gasteiger partial charge in [0, 0.05) is 6.04 Å². The molecule has 108 valence electrons. The number of anilines is 1. The first kappa shape index (κ1) is 14.4. The van der Waals surface area contributed by atoms with E-state index in [1.807, 2.05) is 39.0 Å². The van der Waals surface area contributed by atoms with Gasteiger partial charge in [0.05, 0.1) is 5.69 Å². The molecule has 1 aromatic carbocycles. The fourth-order valence-corrected chi connectivity index (χ4v) is 2.05. The van der Waals surface area contributed by atoms with Crippen LogP contribution in [0.3, 0.4) is 0 Å². The van der Waals surface area contributed by atoms with Gasteiger partial charge >= 0.3 is 0 Å². The molecule has 0 spiro atoms. The summed E-state index contributed by atoms with van der Waals surface area (Å²) in [7, 11) is 0. The Bertz CT molecular complexity index is 528. The standard InChI is InChI=1S/C15H20N2O3/c1-4-11(3)16-14(18)8-17-12-6-5-10(2)7-13(12)20-9-15(17)19/h5-7,11H,4,8-9H2,1-3H3,(H,16,18)/t11-/m0/s1. The Labute approximate surface area is 118 Å². The van der Waals surface area contributed by atoms with E-state index in [4.69, 9.17) is 4.74 Å². The molecule has 0 fully saturated rings. The first-order valence-electron chi connectivity index (χ1n) is 6.84. The van der Waals surface area contributed by atoms with Gasteiger partial charge in [-0.3, -0.25) is 14.5 Å². The molecule has 1 aliphatic rings. The maximum atomic E-state index is 12.0. The highest BCUT2D eigenvalue weighted by Gasteiger charge is 2.27. The zero-order valence-electron chi connectivity index (χ0n) is 12.1. The molecule has 1 aliphatic heterocycles. The minimum atomic E-state index is -0.194. The second-order valence-electron chi connectivity index (χ2n) is 5.12. The van der Waals surface area contributed by atoms with Crippen LogP contribution >= 0.6 is 0 Å². The van der Waals surface area contributed by atoms with Crippen molar-refractivity contribution in [2.45, 2.75) is 33.2 Å². The molecule has 2 amide bonds. The molecule has 5 heteroatoms.